The van der Waals surface area contributed by atoms with Crippen LogP contribution in [-0.4, -0.2) is 17.0 Å². The van der Waals surface area contributed by atoms with Crippen molar-refractivity contribution in [1.29, 1.82) is 0 Å². The molecular weight excluding hydrogens is 258 g/mol. The summed E-state index contributed by atoms with van der Waals surface area (Å²) in [5.41, 5.74) is 6.63. The summed E-state index contributed by atoms with van der Waals surface area (Å²) in [5, 5.41) is 8.78. The molecule has 0 aromatic heterocycles. The first-order chi connectivity index (χ1) is 9.56. The fourth-order valence-electron chi connectivity index (χ4n) is 1.67. The average molecular weight is 271 g/mol. The first-order valence-corrected chi connectivity index (χ1v) is 5.91. The Morgan fingerprint density at radius 2 is 1.75 bits per heavy atom. The number of carboxylic acids is 1. The summed E-state index contributed by atoms with van der Waals surface area (Å²) in [5.74, 6) is -0.914. The molecule has 0 bridgehead atoms. The molecule has 20 heavy (non-hydrogen) atoms. The third kappa shape index (κ3) is 3.35. The first-order valence-electron chi connectivity index (χ1n) is 5.91. The number of rotatable bonds is 5. The van der Waals surface area contributed by atoms with Crippen molar-refractivity contribution >= 4 is 11.9 Å². The number of hydrogen-bond donors (Lipinski definition) is 2. The van der Waals surface area contributed by atoms with Crippen molar-refractivity contribution in [2.45, 2.75) is 6.61 Å². The van der Waals surface area contributed by atoms with Crippen LogP contribution in [-0.2, 0) is 6.61 Å². The molecule has 2 aromatic carbocycles. The van der Waals surface area contributed by atoms with Crippen LogP contribution in [0.5, 0.6) is 5.75 Å². The Balaban J connectivity index is 2.03. The van der Waals surface area contributed by atoms with Crippen LogP contribution in [0.25, 0.3) is 0 Å². The summed E-state index contributed by atoms with van der Waals surface area (Å²) in [7, 11) is 0. The van der Waals surface area contributed by atoms with Crippen LogP contribution in [0.3, 0.4) is 0 Å². The molecular formula is C15H13NO4. The van der Waals surface area contributed by atoms with Crippen molar-refractivity contribution in [2.75, 3.05) is 0 Å². The highest BCUT2D eigenvalue weighted by Crippen LogP contribution is 2.15. The molecule has 5 nitrogen and oxygen atoms in total. The van der Waals surface area contributed by atoms with Crippen molar-refractivity contribution in [3.05, 3.63) is 65.2 Å². The summed E-state index contributed by atoms with van der Waals surface area (Å²) in [6.45, 7) is 0.271. The second-order valence-corrected chi connectivity index (χ2v) is 4.18. The maximum absolute atomic E-state index is 11.1. The van der Waals surface area contributed by atoms with Gasteiger partial charge in [0.25, 0.3) is 0 Å². The third-order valence-corrected chi connectivity index (χ3v) is 2.72. The Morgan fingerprint density at radius 3 is 2.35 bits per heavy atom. The molecule has 0 aliphatic carbocycles. The Hall–Kier alpha value is -2.82. The molecule has 0 aliphatic rings. The number of ether oxygens (including phenoxy) is 1. The molecule has 0 saturated heterocycles. The topological polar surface area (TPSA) is 89.6 Å². The maximum atomic E-state index is 11.1. The van der Waals surface area contributed by atoms with Crippen molar-refractivity contribution in [2.24, 2.45) is 5.73 Å². The summed E-state index contributed by atoms with van der Waals surface area (Å²) >= 11 is 0. The second-order valence-electron chi connectivity index (χ2n) is 4.18. The molecule has 0 atom stereocenters. The van der Waals surface area contributed by atoms with E-state index in [0.717, 1.165) is 5.56 Å². The van der Waals surface area contributed by atoms with E-state index in [0.29, 0.717) is 11.3 Å². The number of hydrogen-bond acceptors (Lipinski definition) is 3. The molecule has 0 aliphatic heterocycles. The van der Waals surface area contributed by atoms with Crippen LogP contribution >= 0.6 is 0 Å². The predicted molar refractivity (Wildman–Crippen MR) is 72.7 cm³/mol. The molecule has 0 saturated carbocycles. The average Bonchev–Trinajstić information content (AvgIpc) is 2.46. The van der Waals surface area contributed by atoms with Crippen molar-refractivity contribution in [3.63, 3.8) is 0 Å². The minimum absolute atomic E-state index is 0.202. The van der Waals surface area contributed by atoms with Gasteiger partial charge in [-0.05, 0) is 42.0 Å². The maximum Gasteiger partial charge on any atom is 0.335 e. The van der Waals surface area contributed by atoms with Crippen LogP contribution in [0.1, 0.15) is 26.3 Å². The largest absolute Gasteiger partial charge is 0.489 e. The van der Waals surface area contributed by atoms with Gasteiger partial charge >= 0.3 is 5.97 Å². The van der Waals surface area contributed by atoms with Gasteiger partial charge in [-0.1, -0.05) is 12.1 Å². The lowest BCUT2D eigenvalue weighted by Gasteiger charge is -2.07. The van der Waals surface area contributed by atoms with E-state index in [1.165, 1.54) is 12.1 Å². The van der Waals surface area contributed by atoms with Crippen LogP contribution < -0.4 is 10.5 Å². The lowest BCUT2D eigenvalue weighted by Crippen LogP contribution is -2.11. The number of amides is 1. The van der Waals surface area contributed by atoms with Gasteiger partial charge in [0.2, 0.25) is 5.91 Å². The van der Waals surface area contributed by atoms with E-state index in [-0.39, 0.29) is 12.2 Å². The molecule has 3 N–H and O–H groups in total. The highest BCUT2D eigenvalue weighted by Gasteiger charge is 2.04. The molecule has 5 heteroatoms. The number of carboxylic acid groups (broad SMARTS) is 1. The number of carbonyl (C=O) groups is 2. The Bertz CT molecular complexity index is 635. The van der Waals surface area contributed by atoms with E-state index in [1.807, 2.05) is 6.07 Å². The van der Waals surface area contributed by atoms with Gasteiger partial charge < -0.3 is 15.6 Å². The molecule has 0 heterocycles. The zero-order chi connectivity index (χ0) is 14.5. The van der Waals surface area contributed by atoms with E-state index in [9.17, 15) is 9.59 Å². The van der Waals surface area contributed by atoms with Gasteiger partial charge in [-0.15, -0.1) is 0 Å². The van der Waals surface area contributed by atoms with Gasteiger partial charge in [0.1, 0.15) is 12.4 Å². The van der Waals surface area contributed by atoms with Gasteiger partial charge in [-0.2, -0.15) is 0 Å². The van der Waals surface area contributed by atoms with Gasteiger partial charge in [0.15, 0.2) is 0 Å². The summed E-state index contributed by atoms with van der Waals surface area (Å²) in [6.07, 6.45) is 0. The quantitative estimate of drug-likeness (QED) is 0.871. The second kappa shape index (κ2) is 5.88. The number of aromatic carboxylic acids is 1. The molecule has 0 unspecified atom stereocenters. The minimum Gasteiger partial charge on any atom is -0.489 e. The number of primary amides is 1. The Morgan fingerprint density at radius 1 is 1.05 bits per heavy atom. The summed E-state index contributed by atoms with van der Waals surface area (Å²) in [6, 6.07) is 12.9. The summed E-state index contributed by atoms with van der Waals surface area (Å²) < 4.78 is 5.52. The monoisotopic (exact) mass is 271 g/mol. The van der Waals surface area contributed by atoms with Gasteiger partial charge in [0, 0.05) is 5.56 Å². The highest BCUT2D eigenvalue weighted by atomic mass is 16.5. The van der Waals surface area contributed by atoms with Crippen LogP contribution in [0.4, 0.5) is 0 Å². The van der Waals surface area contributed by atoms with E-state index >= 15 is 0 Å². The SMILES string of the molecule is NC(=O)c1cccc(COc2ccc(C(=O)O)cc2)c1. The number of benzene rings is 2. The van der Waals surface area contributed by atoms with Gasteiger partial charge in [-0.3, -0.25) is 4.79 Å². The van der Waals surface area contributed by atoms with Gasteiger partial charge in [-0.25, -0.2) is 4.79 Å². The molecule has 0 fully saturated rings. The molecule has 2 aromatic rings. The van der Waals surface area contributed by atoms with Crippen molar-refractivity contribution in [1.82, 2.24) is 0 Å². The third-order valence-electron chi connectivity index (χ3n) is 2.72. The highest BCUT2D eigenvalue weighted by molar-refractivity contribution is 5.92. The molecule has 2 rings (SSSR count). The van der Waals surface area contributed by atoms with Crippen LogP contribution in [0, 0.1) is 0 Å². The van der Waals surface area contributed by atoms with Crippen LogP contribution in [0.2, 0.25) is 0 Å². The lowest BCUT2D eigenvalue weighted by atomic mass is 10.1. The van der Waals surface area contributed by atoms with Crippen molar-refractivity contribution < 1.29 is 19.4 Å². The Kier molecular flexibility index (Phi) is 4.00. The first kappa shape index (κ1) is 13.6. The number of carbonyl (C=O) groups excluding carboxylic acids is 1. The smallest absolute Gasteiger partial charge is 0.335 e. The predicted octanol–water partition coefficient (Wildman–Crippen LogP) is 2.06. The molecule has 102 valence electrons. The minimum atomic E-state index is -0.981. The molecule has 0 spiro atoms. The van der Waals surface area contributed by atoms with E-state index in [4.69, 9.17) is 15.6 Å². The summed E-state index contributed by atoms with van der Waals surface area (Å²) in [4.78, 5) is 21.8. The van der Waals surface area contributed by atoms with Gasteiger partial charge in [0.05, 0.1) is 5.56 Å². The fourth-order valence-corrected chi connectivity index (χ4v) is 1.67. The normalized spacial score (nSPS) is 10.0. The molecule has 0 radical (unpaired) electrons. The fraction of sp³-hybridized carbons (Fsp3) is 0.0667. The van der Waals surface area contributed by atoms with E-state index < -0.39 is 11.9 Å². The number of nitrogens with two attached hydrogens (primary N) is 1. The van der Waals surface area contributed by atoms with Crippen molar-refractivity contribution in [3.8, 4) is 5.75 Å². The zero-order valence-electron chi connectivity index (χ0n) is 10.6. The lowest BCUT2D eigenvalue weighted by molar-refractivity contribution is 0.0696. The zero-order valence-corrected chi connectivity index (χ0v) is 10.6. The Labute approximate surface area is 115 Å². The standard InChI is InChI=1S/C15H13NO4/c16-14(17)12-3-1-2-10(8-12)9-20-13-6-4-11(5-7-13)15(18)19/h1-8H,9H2,(H2,16,17)(H,18,19). The van der Waals surface area contributed by atoms with Crippen LogP contribution in [0.15, 0.2) is 48.5 Å². The van der Waals surface area contributed by atoms with E-state index in [1.54, 1.807) is 30.3 Å². The van der Waals surface area contributed by atoms with E-state index in [2.05, 4.69) is 0 Å². The molecule has 1 amide bonds.